The maximum absolute atomic E-state index is 6.03. The number of methoxy groups -OCH3 is 1. The molecule has 0 aliphatic carbocycles. The summed E-state index contributed by atoms with van der Waals surface area (Å²) in [5.41, 5.74) is 9.92. The van der Waals surface area contributed by atoms with E-state index in [1.807, 2.05) is 6.92 Å². The Balaban J connectivity index is 2.14. The predicted molar refractivity (Wildman–Crippen MR) is 75.8 cm³/mol. The van der Waals surface area contributed by atoms with Crippen LogP contribution in [0.2, 0.25) is 0 Å². The third-order valence-corrected chi connectivity index (χ3v) is 3.40. The molecule has 0 bridgehead atoms. The van der Waals surface area contributed by atoms with E-state index in [4.69, 9.17) is 10.5 Å². The molecule has 0 radical (unpaired) electrons. The van der Waals surface area contributed by atoms with Gasteiger partial charge in [0.2, 0.25) is 0 Å². The summed E-state index contributed by atoms with van der Waals surface area (Å²) < 4.78 is 5.18. The Hall–Kier alpha value is -1.32. The van der Waals surface area contributed by atoms with Crippen LogP contribution in [0.1, 0.15) is 24.9 Å². The Kier molecular flexibility index (Phi) is 4.39. The van der Waals surface area contributed by atoms with Gasteiger partial charge in [-0.05, 0) is 30.5 Å². The molecule has 0 spiro atoms. The Labute approximate surface area is 109 Å². The van der Waals surface area contributed by atoms with Crippen LogP contribution in [-0.4, -0.2) is 26.8 Å². The molecule has 0 unspecified atom stereocenters. The summed E-state index contributed by atoms with van der Waals surface area (Å²) in [6.45, 7) is 4.78. The molecule has 1 atom stereocenters. The first-order valence-electron chi connectivity index (χ1n) is 6.48. The van der Waals surface area contributed by atoms with Gasteiger partial charge >= 0.3 is 0 Å². The molecular weight excluding hydrogens is 224 g/mol. The summed E-state index contributed by atoms with van der Waals surface area (Å²) >= 11 is 0. The van der Waals surface area contributed by atoms with Crippen molar-refractivity contribution in [3.63, 3.8) is 0 Å². The lowest BCUT2D eigenvalue weighted by molar-refractivity contribution is 0.222. The van der Waals surface area contributed by atoms with Crippen LogP contribution in [-0.2, 0) is 4.74 Å². The Morgan fingerprint density at radius 3 is 2.78 bits per heavy atom. The fourth-order valence-corrected chi connectivity index (χ4v) is 2.41. The van der Waals surface area contributed by atoms with Gasteiger partial charge in [-0.15, -0.1) is 0 Å². The van der Waals surface area contributed by atoms with Gasteiger partial charge in [0.15, 0.2) is 0 Å². The average molecular weight is 246 g/mol. The van der Waals surface area contributed by atoms with Crippen molar-refractivity contribution >= 4 is 5.69 Å². The van der Waals surface area contributed by atoms with Crippen molar-refractivity contribution in [1.82, 2.24) is 0 Å². The molecule has 0 amide bonds. The van der Waals surface area contributed by atoms with Gasteiger partial charge in [-0.3, -0.25) is 0 Å². The lowest BCUT2D eigenvalue weighted by Crippen LogP contribution is -2.30. The topological polar surface area (TPSA) is 38.5 Å². The zero-order valence-electron chi connectivity index (χ0n) is 11.2. The third kappa shape index (κ3) is 2.92. The number of anilines is 1. The summed E-state index contributed by atoms with van der Waals surface area (Å²) in [4.78, 5) is 2.39. The van der Waals surface area contributed by atoms with Crippen LogP contribution in [0, 0.1) is 0 Å². The molecule has 2 N–H and O–H groups in total. The van der Waals surface area contributed by atoms with Gasteiger partial charge < -0.3 is 15.4 Å². The Morgan fingerprint density at radius 2 is 2.17 bits per heavy atom. The second-order valence-electron chi connectivity index (χ2n) is 4.84. The fourth-order valence-electron chi connectivity index (χ4n) is 2.41. The van der Waals surface area contributed by atoms with Gasteiger partial charge in [0.25, 0.3) is 0 Å². The van der Waals surface area contributed by atoms with Crippen molar-refractivity contribution in [2.24, 2.45) is 5.73 Å². The van der Waals surface area contributed by atoms with Gasteiger partial charge in [0, 0.05) is 31.9 Å². The van der Waals surface area contributed by atoms with Gasteiger partial charge in [0.05, 0.1) is 6.61 Å². The van der Waals surface area contributed by atoms with E-state index < -0.39 is 0 Å². The minimum absolute atomic E-state index is 0.0746. The quantitative estimate of drug-likeness (QED) is 0.830. The highest BCUT2D eigenvalue weighted by Gasteiger charge is 2.16. The number of nitrogens with zero attached hydrogens (tertiary/aromatic N) is 1. The summed E-state index contributed by atoms with van der Waals surface area (Å²) in [7, 11) is 1.75. The maximum atomic E-state index is 6.03. The van der Waals surface area contributed by atoms with Crippen molar-refractivity contribution < 1.29 is 4.74 Å². The van der Waals surface area contributed by atoms with E-state index in [2.05, 4.69) is 35.2 Å². The van der Waals surface area contributed by atoms with Crippen LogP contribution in [0.25, 0.3) is 0 Å². The molecular formula is C15H22N2O. The zero-order chi connectivity index (χ0) is 13.0. The number of benzene rings is 1. The molecule has 1 aliphatic heterocycles. The highest BCUT2D eigenvalue weighted by Crippen LogP contribution is 2.27. The lowest BCUT2D eigenvalue weighted by Gasteiger charge is -2.30. The van der Waals surface area contributed by atoms with E-state index in [1.54, 1.807) is 7.11 Å². The van der Waals surface area contributed by atoms with E-state index in [0.717, 1.165) is 26.1 Å². The van der Waals surface area contributed by atoms with Crippen LogP contribution < -0.4 is 10.6 Å². The number of ether oxygens (including phenoxy) is 1. The molecule has 0 fully saturated rings. The molecule has 1 aliphatic rings. The van der Waals surface area contributed by atoms with E-state index >= 15 is 0 Å². The maximum Gasteiger partial charge on any atom is 0.0674 e. The van der Waals surface area contributed by atoms with Crippen LogP contribution >= 0.6 is 0 Å². The van der Waals surface area contributed by atoms with E-state index in [0.29, 0.717) is 0 Å². The molecule has 0 saturated carbocycles. The number of hydrogen-bond acceptors (Lipinski definition) is 3. The molecule has 18 heavy (non-hydrogen) atoms. The summed E-state index contributed by atoms with van der Waals surface area (Å²) in [6, 6.07) is 8.49. The fraction of sp³-hybridized carbons (Fsp3) is 0.467. The summed E-state index contributed by atoms with van der Waals surface area (Å²) in [5, 5.41) is 0. The van der Waals surface area contributed by atoms with Crippen LogP contribution in [0.3, 0.4) is 0 Å². The first-order chi connectivity index (χ1) is 8.72. The summed E-state index contributed by atoms with van der Waals surface area (Å²) in [5.74, 6) is 0. The first-order valence-corrected chi connectivity index (χ1v) is 6.48. The normalized spacial score (nSPS) is 17.5. The number of rotatable bonds is 4. The molecule has 98 valence electrons. The van der Waals surface area contributed by atoms with Crippen molar-refractivity contribution in [2.75, 3.05) is 31.7 Å². The van der Waals surface area contributed by atoms with Crippen LogP contribution in [0.15, 0.2) is 35.9 Å². The van der Waals surface area contributed by atoms with E-state index in [-0.39, 0.29) is 6.04 Å². The molecule has 0 saturated heterocycles. The molecule has 3 heteroatoms. The predicted octanol–water partition coefficient (Wildman–Crippen LogP) is 2.49. The Bertz CT molecular complexity index is 426. The standard InChI is InChI=1S/C15H22N2O/c1-12(16)14-5-3-4-6-15(14)17-9-7-13(8-10-17)11-18-2/h3-7,12H,8-11,16H2,1-2H3/t12-/m1/s1. The van der Waals surface area contributed by atoms with Crippen molar-refractivity contribution in [3.05, 3.63) is 41.5 Å². The number of hydrogen-bond donors (Lipinski definition) is 1. The van der Waals surface area contributed by atoms with Gasteiger partial charge in [-0.1, -0.05) is 24.3 Å². The van der Waals surface area contributed by atoms with Crippen molar-refractivity contribution in [1.29, 1.82) is 0 Å². The molecule has 0 aromatic heterocycles. The van der Waals surface area contributed by atoms with Gasteiger partial charge in [-0.25, -0.2) is 0 Å². The second kappa shape index (κ2) is 6.03. The second-order valence-corrected chi connectivity index (χ2v) is 4.84. The zero-order valence-corrected chi connectivity index (χ0v) is 11.2. The molecule has 1 aromatic rings. The van der Waals surface area contributed by atoms with Crippen LogP contribution in [0.5, 0.6) is 0 Å². The minimum Gasteiger partial charge on any atom is -0.380 e. The number of nitrogens with two attached hydrogens (primary N) is 1. The molecule has 3 nitrogen and oxygen atoms in total. The number of para-hydroxylation sites is 1. The van der Waals surface area contributed by atoms with E-state index in [9.17, 15) is 0 Å². The van der Waals surface area contributed by atoms with Crippen molar-refractivity contribution in [2.45, 2.75) is 19.4 Å². The molecule has 1 aromatic carbocycles. The highest BCUT2D eigenvalue weighted by atomic mass is 16.5. The van der Waals surface area contributed by atoms with Crippen molar-refractivity contribution in [3.8, 4) is 0 Å². The SMILES string of the molecule is COCC1=CCN(c2ccccc2[C@@H](C)N)CC1. The third-order valence-electron chi connectivity index (χ3n) is 3.40. The molecule has 2 rings (SSSR count). The Morgan fingerprint density at radius 1 is 1.39 bits per heavy atom. The monoisotopic (exact) mass is 246 g/mol. The minimum atomic E-state index is 0.0746. The first kappa shape index (κ1) is 13.1. The lowest BCUT2D eigenvalue weighted by atomic mass is 10.0. The van der Waals surface area contributed by atoms with Crippen LogP contribution in [0.4, 0.5) is 5.69 Å². The largest absolute Gasteiger partial charge is 0.380 e. The van der Waals surface area contributed by atoms with E-state index in [1.165, 1.54) is 16.8 Å². The smallest absolute Gasteiger partial charge is 0.0674 e. The average Bonchev–Trinajstić information content (AvgIpc) is 2.40. The molecule has 1 heterocycles. The van der Waals surface area contributed by atoms with Gasteiger partial charge in [-0.2, -0.15) is 0 Å². The summed E-state index contributed by atoms with van der Waals surface area (Å²) in [6.07, 6.45) is 3.34. The van der Waals surface area contributed by atoms with Gasteiger partial charge in [0.1, 0.15) is 0 Å². The highest BCUT2D eigenvalue weighted by molar-refractivity contribution is 5.56.